The van der Waals surface area contributed by atoms with Crippen LogP contribution in [0.5, 0.6) is 0 Å². The van der Waals surface area contributed by atoms with E-state index in [2.05, 4.69) is 15.9 Å². The molecule has 0 unspecified atom stereocenters. The Hall–Kier alpha value is -0.430. The van der Waals surface area contributed by atoms with E-state index in [0.29, 0.717) is 12.0 Å². The summed E-state index contributed by atoms with van der Waals surface area (Å²) in [5.74, 6) is 5.02. The topological polar surface area (TPSA) is 58.3 Å². The van der Waals surface area contributed by atoms with E-state index in [-0.39, 0.29) is 24.8 Å². The van der Waals surface area contributed by atoms with Crippen molar-refractivity contribution in [3.8, 4) is 0 Å². The number of halogens is 2. The second kappa shape index (κ2) is 8.79. The van der Waals surface area contributed by atoms with Crippen molar-refractivity contribution in [1.29, 1.82) is 0 Å². The molecule has 1 aromatic rings. The first-order valence-corrected chi connectivity index (χ1v) is 9.67. The van der Waals surface area contributed by atoms with Crippen molar-refractivity contribution in [1.82, 2.24) is 9.97 Å². The van der Waals surface area contributed by atoms with Gasteiger partial charge in [0.15, 0.2) is 0 Å². The van der Waals surface area contributed by atoms with Gasteiger partial charge in [0.05, 0.1) is 5.69 Å². The maximum absolute atomic E-state index is 5.98. The predicted octanol–water partition coefficient (Wildman–Crippen LogP) is 2.68. The Morgan fingerprint density at radius 1 is 0.958 bits per heavy atom. The van der Waals surface area contributed by atoms with Crippen LogP contribution < -0.4 is 15.5 Å². The minimum absolute atomic E-state index is 0. The van der Waals surface area contributed by atoms with Crippen LogP contribution in [0.25, 0.3) is 0 Å². The Morgan fingerprint density at radius 3 is 2.25 bits per heavy atom. The average molecular weight is 392 g/mol. The molecule has 0 amide bonds. The van der Waals surface area contributed by atoms with Crippen LogP contribution in [-0.4, -0.2) is 53.7 Å². The molecule has 3 aliphatic rings. The number of anilines is 2. The molecule has 1 aliphatic carbocycles. The first-order valence-electron chi connectivity index (χ1n) is 8.52. The number of hydrogen-bond acceptors (Lipinski definition) is 6. The van der Waals surface area contributed by atoms with Crippen LogP contribution in [0.1, 0.15) is 37.3 Å². The van der Waals surface area contributed by atoms with E-state index in [0.717, 1.165) is 50.8 Å². The monoisotopic (exact) mass is 391 g/mol. The summed E-state index contributed by atoms with van der Waals surface area (Å²) in [4.78, 5) is 14.6. The maximum atomic E-state index is 5.98. The number of thioether (sulfide) groups is 1. The van der Waals surface area contributed by atoms with Crippen LogP contribution in [0.2, 0.25) is 0 Å². The second-order valence-corrected chi connectivity index (χ2v) is 7.90. The number of hydrogen-bond donors (Lipinski definition) is 1. The van der Waals surface area contributed by atoms with Gasteiger partial charge in [0.2, 0.25) is 5.95 Å². The minimum atomic E-state index is 0. The lowest BCUT2D eigenvalue weighted by atomic mass is 9.78. The molecule has 0 atom stereocenters. The molecule has 2 saturated heterocycles. The lowest BCUT2D eigenvalue weighted by molar-refractivity contribution is 0.345. The Morgan fingerprint density at radius 2 is 1.62 bits per heavy atom. The molecule has 2 N–H and O–H groups in total. The third-order valence-electron chi connectivity index (χ3n) is 5.04. The summed E-state index contributed by atoms with van der Waals surface area (Å²) in [6.45, 7) is 4.40. The van der Waals surface area contributed by atoms with Crippen molar-refractivity contribution in [2.24, 2.45) is 5.73 Å². The Bertz CT molecular complexity index is 529. The molecular formula is C16H27Cl2N5S. The van der Waals surface area contributed by atoms with E-state index in [1.54, 1.807) is 0 Å². The summed E-state index contributed by atoms with van der Waals surface area (Å²) in [5, 5.41) is 0. The van der Waals surface area contributed by atoms with Crippen molar-refractivity contribution in [3.05, 3.63) is 11.8 Å². The molecule has 0 radical (unpaired) electrons. The number of nitrogens with zero attached hydrogens (tertiary/aromatic N) is 4. The van der Waals surface area contributed by atoms with E-state index in [1.165, 1.54) is 30.0 Å². The van der Waals surface area contributed by atoms with Gasteiger partial charge < -0.3 is 15.5 Å². The summed E-state index contributed by atoms with van der Waals surface area (Å²) in [7, 11) is 0. The van der Waals surface area contributed by atoms with E-state index >= 15 is 0 Å². The van der Waals surface area contributed by atoms with Crippen LogP contribution in [0, 0.1) is 0 Å². The van der Waals surface area contributed by atoms with Crippen molar-refractivity contribution in [2.45, 2.75) is 37.6 Å². The molecule has 136 valence electrons. The first-order chi connectivity index (χ1) is 10.8. The number of nitrogens with two attached hydrogens (primary N) is 1. The summed E-state index contributed by atoms with van der Waals surface area (Å²) < 4.78 is 0. The Kier molecular flexibility index (Phi) is 7.28. The van der Waals surface area contributed by atoms with Crippen LogP contribution in [0.4, 0.5) is 11.8 Å². The van der Waals surface area contributed by atoms with Gasteiger partial charge in [-0.3, -0.25) is 0 Å². The van der Waals surface area contributed by atoms with Crippen LogP contribution in [0.3, 0.4) is 0 Å². The third-order valence-corrected chi connectivity index (χ3v) is 5.98. The first kappa shape index (κ1) is 19.9. The molecule has 4 rings (SSSR count). The fourth-order valence-electron chi connectivity index (χ4n) is 3.57. The molecule has 3 fully saturated rings. The van der Waals surface area contributed by atoms with Crippen LogP contribution in [0.15, 0.2) is 6.07 Å². The summed E-state index contributed by atoms with van der Waals surface area (Å²) in [6.07, 6.45) is 4.67. The van der Waals surface area contributed by atoms with Gasteiger partial charge in [-0.15, -0.1) is 24.8 Å². The predicted molar refractivity (Wildman–Crippen MR) is 107 cm³/mol. The normalized spacial score (nSPS) is 26.4. The summed E-state index contributed by atoms with van der Waals surface area (Å²) >= 11 is 2.04. The van der Waals surface area contributed by atoms with Crippen molar-refractivity contribution >= 4 is 48.3 Å². The fraction of sp³-hybridized carbons (Fsp3) is 0.750. The molecule has 3 heterocycles. The average Bonchev–Trinajstić information content (AvgIpc) is 3.07. The molecular weight excluding hydrogens is 365 g/mol. The second-order valence-electron chi connectivity index (χ2n) is 6.67. The molecule has 1 aromatic heterocycles. The summed E-state index contributed by atoms with van der Waals surface area (Å²) in [6, 6.07) is 2.59. The fourth-order valence-corrected chi connectivity index (χ4v) is 4.47. The SMILES string of the molecule is Cl.Cl.NC1CC(c2cc(N3CCSCC3)nc(N3CCCC3)n2)C1. The summed E-state index contributed by atoms with van der Waals surface area (Å²) in [5.41, 5.74) is 7.19. The van der Waals surface area contributed by atoms with Crippen molar-refractivity contribution < 1.29 is 0 Å². The molecule has 5 nitrogen and oxygen atoms in total. The maximum Gasteiger partial charge on any atom is 0.227 e. The van der Waals surface area contributed by atoms with E-state index in [9.17, 15) is 0 Å². The van der Waals surface area contributed by atoms with Gasteiger partial charge in [0.25, 0.3) is 0 Å². The zero-order valence-electron chi connectivity index (χ0n) is 13.9. The van der Waals surface area contributed by atoms with Gasteiger partial charge in [-0.2, -0.15) is 16.7 Å². The standard InChI is InChI=1S/C16H25N5S.2ClH/c17-13-9-12(10-13)14-11-15(20-5-7-22-8-6-20)19-16(18-14)21-3-1-2-4-21;;/h11-13H,1-10,17H2;2*1H. The van der Waals surface area contributed by atoms with Crippen molar-refractivity contribution in [3.63, 3.8) is 0 Å². The van der Waals surface area contributed by atoms with Gasteiger partial charge in [-0.1, -0.05) is 0 Å². The smallest absolute Gasteiger partial charge is 0.227 e. The van der Waals surface area contributed by atoms with E-state index < -0.39 is 0 Å². The van der Waals surface area contributed by atoms with Gasteiger partial charge in [-0.05, 0) is 25.7 Å². The highest BCUT2D eigenvalue weighted by molar-refractivity contribution is 7.99. The highest BCUT2D eigenvalue weighted by Crippen LogP contribution is 2.37. The quantitative estimate of drug-likeness (QED) is 0.854. The van der Waals surface area contributed by atoms with E-state index in [1.807, 2.05) is 11.8 Å². The third kappa shape index (κ3) is 4.21. The molecule has 2 aliphatic heterocycles. The van der Waals surface area contributed by atoms with E-state index in [4.69, 9.17) is 15.7 Å². The molecule has 0 aromatic carbocycles. The van der Waals surface area contributed by atoms with Gasteiger partial charge in [-0.25, -0.2) is 4.98 Å². The molecule has 24 heavy (non-hydrogen) atoms. The zero-order chi connectivity index (χ0) is 14.9. The Balaban J connectivity index is 0.00000104. The Labute approximate surface area is 161 Å². The van der Waals surface area contributed by atoms with Crippen LogP contribution in [-0.2, 0) is 0 Å². The highest BCUT2D eigenvalue weighted by Gasteiger charge is 2.30. The zero-order valence-corrected chi connectivity index (χ0v) is 16.3. The van der Waals surface area contributed by atoms with Gasteiger partial charge in [0.1, 0.15) is 5.82 Å². The molecule has 0 spiro atoms. The minimum Gasteiger partial charge on any atom is -0.355 e. The van der Waals surface area contributed by atoms with Gasteiger partial charge in [0, 0.05) is 55.7 Å². The number of aromatic nitrogens is 2. The molecule has 8 heteroatoms. The molecule has 1 saturated carbocycles. The van der Waals surface area contributed by atoms with Gasteiger partial charge >= 0.3 is 0 Å². The highest BCUT2D eigenvalue weighted by atomic mass is 35.5. The lowest BCUT2D eigenvalue weighted by Crippen LogP contribution is -2.37. The molecule has 0 bridgehead atoms. The van der Waals surface area contributed by atoms with Crippen molar-refractivity contribution in [2.75, 3.05) is 47.5 Å². The lowest BCUT2D eigenvalue weighted by Gasteiger charge is -2.34. The largest absolute Gasteiger partial charge is 0.355 e. The number of rotatable bonds is 3. The van der Waals surface area contributed by atoms with Crippen LogP contribution >= 0.6 is 36.6 Å².